The van der Waals surface area contributed by atoms with Crippen LogP contribution in [0.1, 0.15) is 24.3 Å². The molecule has 0 radical (unpaired) electrons. The molecule has 17 heavy (non-hydrogen) atoms. The van der Waals surface area contributed by atoms with Gasteiger partial charge in [0.2, 0.25) is 0 Å². The van der Waals surface area contributed by atoms with Gasteiger partial charge in [-0.3, -0.25) is 0 Å². The van der Waals surface area contributed by atoms with Crippen LogP contribution in [0, 0.1) is 0 Å². The van der Waals surface area contributed by atoms with Crippen LogP contribution in [0.5, 0.6) is 5.75 Å². The van der Waals surface area contributed by atoms with E-state index in [-0.39, 0.29) is 6.04 Å². The highest BCUT2D eigenvalue weighted by Crippen LogP contribution is 2.18. The van der Waals surface area contributed by atoms with Gasteiger partial charge in [0.15, 0.2) is 6.39 Å². The van der Waals surface area contributed by atoms with Gasteiger partial charge < -0.3 is 14.5 Å². The van der Waals surface area contributed by atoms with Crippen LogP contribution in [0.2, 0.25) is 0 Å². The Hall–Kier alpha value is -1.81. The molecular weight excluding hydrogens is 216 g/mol. The second-order valence-electron chi connectivity index (χ2n) is 3.85. The molecule has 1 unspecified atom stereocenters. The molecule has 0 fully saturated rings. The quantitative estimate of drug-likeness (QED) is 0.860. The molecule has 0 bridgehead atoms. The van der Waals surface area contributed by atoms with Crippen molar-refractivity contribution in [3.63, 3.8) is 0 Å². The predicted octanol–water partition coefficient (Wildman–Crippen LogP) is 2.53. The number of ether oxygens (including phenoxy) is 1. The molecule has 0 saturated carbocycles. The number of nitrogens with one attached hydrogen (secondary N) is 1. The third-order valence-corrected chi connectivity index (χ3v) is 2.66. The minimum atomic E-state index is 0.232. The maximum absolute atomic E-state index is 5.20. The standard InChI is InChI=1S/C13H16N2O2/c1-10(15-8-13-7-14-9-17-13)11-4-3-5-12(6-11)16-2/h3-7,9-10,15H,8H2,1-2H3. The third-order valence-electron chi connectivity index (χ3n) is 2.66. The normalized spacial score (nSPS) is 12.4. The summed E-state index contributed by atoms with van der Waals surface area (Å²) < 4.78 is 10.4. The highest BCUT2D eigenvalue weighted by Gasteiger charge is 2.06. The van der Waals surface area contributed by atoms with Crippen LogP contribution in [0.4, 0.5) is 0 Å². The van der Waals surface area contributed by atoms with E-state index in [1.54, 1.807) is 13.3 Å². The summed E-state index contributed by atoms with van der Waals surface area (Å²) in [6, 6.07) is 8.25. The smallest absolute Gasteiger partial charge is 0.180 e. The van der Waals surface area contributed by atoms with E-state index >= 15 is 0 Å². The van der Waals surface area contributed by atoms with Crippen molar-refractivity contribution in [2.24, 2.45) is 0 Å². The summed E-state index contributed by atoms with van der Waals surface area (Å²) in [5.74, 6) is 1.70. The third kappa shape index (κ3) is 3.07. The molecule has 0 aliphatic carbocycles. The number of benzene rings is 1. The molecule has 0 aliphatic rings. The van der Waals surface area contributed by atoms with Gasteiger partial charge in [-0.15, -0.1) is 0 Å². The van der Waals surface area contributed by atoms with Gasteiger partial charge in [-0.25, -0.2) is 4.98 Å². The van der Waals surface area contributed by atoms with Gasteiger partial charge in [-0.1, -0.05) is 12.1 Å². The van der Waals surface area contributed by atoms with Gasteiger partial charge in [-0.2, -0.15) is 0 Å². The lowest BCUT2D eigenvalue weighted by Crippen LogP contribution is -2.17. The zero-order chi connectivity index (χ0) is 12.1. The van der Waals surface area contributed by atoms with E-state index in [1.165, 1.54) is 12.0 Å². The van der Waals surface area contributed by atoms with E-state index in [2.05, 4.69) is 23.3 Å². The number of hydrogen-bond donors (Lipinski definition) is 1. The van der Waals surface area contributed by atoms with E-state index in [0.29, 0.717) is 6.54 Å². The van der Waals surface area contributed by atoms with Crippen LogP contribution in [0.15, 0.2) is 41.3 Å². The molecule has 4 heteroatoms. The Labute approximate surface area is 101 Å². The minimum absolute atomic E-state index is 0.232. The molecular formula is C13H16N2O2. The Bertz CT molecular complexity index is 454. The molecule has 0 spiro atoms. The van der Waals surface area contributed by atoms with Crippen LogP contribution in [0.25, 0.3) is 0 Å². The van der Waals surface area contributed by atoms with Gasteiger partial charge in [0.1, 0.15) is 11.5 Å². The zero-order valence-electron chi connectivity index (χ0n) is 10.0. The topological polar surface area (TPSA) is 47.3 Å². The van der Waals surface area contributed by atoms with Crippen LogP contribution in [0.3, 0.4) is 0 Å². The van der Waals surface area contributed by atoms with E-state index < -0.39 is 0 Å². The molecule has 4 nitrogen and oxygen atoms in total. The molecule has 0 aliphatic heterocycles. The monoisotopic (exact) mass is 232 g/mol. The zero-order valence-corrected chi connectivity index (χ0v) is 10.0. The Morgan fingerprint density at radius 1 is 1.47 bits per heavy atom. The molecule has 2 rings (SSSR count). The SMILES string of the molecule is COc1cccc(C(C)NCc2cnco2)c1. The lowest BCUT2D eigenvalue weighted by molar-refractivity contribution is 0.412. The van der Waals surface area contributed by atoms with Crippen LogP contribution < -0.4 is 10.1 Å². The summed E-state index contributed by atoms with van der Waals surface area (Å²) in [7, 11) is 1.67. The minimum Gasteiger partial charge on any atom is -0.497 e. The Morgan fingerprint density at radius 3 is 3.06 bits per heavy atom. The fourth-order valence-corrected chi connectivity index (χ4v) is 1.61. The summed E-state index contributed by atoms with van der Waals surface area (Å²) in [5.41, 5.74) is 1.18. The van der Waals surface area contributed by atoms with Crippen molar-refractivity contribution in [2.75, 3.05) is 7.11 Å². The van der Waals surface area contributed by atoms with Crippen molar-refractivity contribution in [2.45, 2.75) is 19.5 Å². The Kier molecular flexibility index (Phi) is 3.77. The summed E-state index contributed by atoms with van der Waals surface area (Å²) in [5, 5.41) is 3.36. The summed E-state index contributed by atoms with van der Waals surface area (Å²) in [6.45, 7) is 2.77. The lowest BCUT2D eigenvalue weighted by Gasteiger charge is -2.14. The number of nitrogens with zero attached hydrogens (tertiary/aromatic N) is 1. The molecule has 2 aromatic rings. The van der Waals surface area contributed by atoms with E-state index in [9.17, 15) is 0 Å². The Balaban J connectivity index is 1.96. The van der Waals surface area contributed by atoms with Crippen LogP contribution in [-0.2, 0) is 6.54 Å². The van der Waals surface area contributed by atoms with Crippen molar-refractivity contribution in [3.8, 4) is 5.75 Å². The predicted molar refractivity (Wildman–Crippen MR) is 64.8 cm³/mol. The van der Waals surface area contributed by atoms with Gasteiger partial charge >= 0.3 is 0 Å². The Morgan fingerprint density at radius 2 is 2.35 bits per heavy atom. The fraction of sp³-hybridized carbons (Fsp3) is 0.308. The average molecular weight is 232 g/mol. The van der Waals surface area contributed by atoms with Crippen molar-refractivity contribution in [1.82, 2.24) is 10.3 Å². The molecule has 0 amide bonds. The second kappa shape index (κ2) is 5.50. The number of hydrogen-bond acceptors (Lipinski definition) is 4. The highest BCUT2D eigenvalue weighted by molar-refractivity contribution is 5.30. The van der Waals surface area contributed by atoms with Gasteiger partial charge in [-0.05, 0) is 24.6 Å². The van der Waals surface area contributed by atoms with E-state index in [4.69, 9.17) is 9.15 Å². The van der Waals surface area contributed by atoms with Crippen molar-refractivity contribution in [1.29, 1.82) is 0 Å². The first-order valence-corrected chi connectivity index (χ1v) is 5.54. The molecule has 90 valence electrons. The highest BCUT2D eigenvalue weighted by atomic mass is 16.5. The molecule has 1 aromatic heterocycles. The van der Waals surface area contributed by atoms with E-state index in [0.717, 1.165) is 11.5 Å². The summed E-state index contributed by atoms with van der Waals surface area (Å²) in [6.07, 6.45) is 3.15. The molecule has 0 saturated heterocycles. The van der Waals surface area contributed by atoms with Crippen LogP contribution in [-0.4, -0.2) is 12.1 Å². The first kappa shape index (κ1) is 11.7. The number of oxazole rings is 1. The first-order chi connectivity index (χ1) is 8.29. The van der Waals surface area contributed by atoms with E-state index in [1.807, 2.05) is 18.2 Å². The maximum Gasteiger partial charge on any atom is 0.180 e. The molecule has 1 aromatic carbocycles. The van der Waals surface area contributed by atoms with Gasteiger partial charge in [0.25, 0.3) is 0 Å². The average Bonchev–Trinajstić information content (AvgIpc) is 2.89. The number of aromatic nitrogens is 1. The molecule has 1 atom stereocenters. The molecule has 1 heterocycles. The second-order valence-corrected chi connectivity index (χ2v) is 3.85. The van der Waals surface area contributed by atoms with Crippen molar-refractivity contribution < 1.29 is 9.15 Å². The lowest BCUT2D eigenvalue weighted by atomic mass is 10.1. The number of methoxy groups -OCH3 is 1. The summed E-state index contributed by atoms with van der Waals surface area (Å²) in [4.78, 5) is 3.87. The maximum atomic E-state index is 5.20. The first-order valence-electron chi connectivity index (χ1n) is 5.54. The summed E-state index contributed by atoms with van der Waals surface area (Å²) >= 11 is 0. The van der Waals surface area contributed by atoms with Crippen molar-refractivity contribution in [3.05, 3.63) is 48.2 Å². The number of rotatable bonds is 5. The largest absolute Gasteiger partial charge is 0.497 e. The molecule has 1 N–H and O–H groups in total. The van der Waals surface area contributed by atoms with Crippen LogP contribution >= 0.6 is 0 Å². The van der Waals surface area contributed by atoms with Crippen molar-refractivity contribution >= 4 is 0 Å². The van der Waals surface area contributed by atoms with Gasteiger partial charge in [0, 0.05) is 6.04 Å². The van der Waals surface area contributed by atoms with Gasteiger partial charge in [0.05, 0.1) is 19.9 Å². The fourth-order valence-electron chi connectivity index (χ4n) is 1.61.